The Morgan fingerprint density at radius 1 is 1.47 bits per heavy atom. The molecule has 0 radical (unpaired) electrons. The highest BCUT2D eigenvalue weighted by atomic mass is 19.1. The van der Waals surface area contributed by atoms with Crippen LogP contribution >= 0.6 is 0 Å². The average molecular weight is 265 g/mol. The molecule has 3 N–H and O–H groups in total. The van der Waals surface area contributed by atoms with E-state index in [1.54, 1.807) is 4.90 Å². The number of nitrogen functional groups attached to an aromatic ring is 1. The van der Waals surface area contributed by atoms with Crippen molar-refractivity contribution in [2.24, 2.45) is 0 Å². The maximum Gasteiger partial charge on any atom is 0.226 e. The lowest BCUT2D eigenvalue weighted by Crippen LogP contribution is -2.28. The third kappa shape index (κ3) is 3.43. The van der Waals surface area contributed by atoms with E-state index in [0.29, 0.717) is 18.7 Å². The van der Waals surface area contributed by atoms with Gasteiger partial charge in [0, 0.05) is 31.6 Å². The van der Waals surface area contributed by atoms with E-state index >= 15 is 0 Å². The van der Waals surface area contributed by atoms with Gasteiger partial charge in [0.2, 0.25) is 11.8 Å². The Morgan fingerprint density at radius 2 is 2.26 bits per heavy atom. The standard InChI is InChI=1S/C13H16FN3O2/c14-10-4-3-9(8-11(10)15)16-12(18)5-7-17-6-1-2-13(17)19/h3-4,8H,1-2,5-7,15H2,(H,16,18). The lowest BCUT2D eigenvalue weighted by Gasteiger charge is -2.15. The number of halogens is 1. The molecular weight excluding hydrogens is 249 g/mol. The number of nitrogens with zero attached hydrogens (tertiary/aromatic N) is 1. The zero-order valence-corrected chi connectivity index (χ0v) is 10.5. The van der Waals surface area contributed by atoms with Gasteiger partial charge in [-0.25, -0.2) is 4.39 Å². The minimum Gasteiger partial charge on any atom is -0.396 e. The van der Waals surface area contributed by atoms with Crippen molar-refractivity contribution >= 4 is 23.2 Å². The summed E-state index contributed by atoms with van der Waals surface area (Å²) in [5, 5.41) is 2.63. The fourth-order valence-electron chi connectivity index (χ4n) is 2.02. The van der Waals surface area contributed by atoms with Crippen LogP contribution in [0, 0.1) is 5.82 Å². The van der Waals surface area contributed by atoms with E-state index in [0.717, 1.165) is 13.0 Å². The third-order valence-electron chi connectivity index (χ3n) is 3.06. The molecule has 1 aromatic carbocycles. The normalized spacial score (nSPS) is 14.8. The molecule has 1 fully saturated rings. The SMILES string of the molecule is Nc1cc(NC(=O)CCN2CCCC2=O)ccc1F. The minimum absolute atomic E-state index is 0.00693. The highest BCUT2D eigenvalue weighted by Crippen LogP contribution is 2.16. The Hall–Kier alpha value is -2.11. The molecule has 0 bridgehead atoms. The molecule has 2 rings (SSSR count). The molecule has 0 spiro atoms. The summed E-state index contributed by atoms with van der Waals surface area (Å²) in [5.41, 5.74) is 5.86. The molecule has 1 aromatic rings. The first-order chi connectivity index (χ1) is 9.06. The molecule has 19 heavy (non-hydrogen) atoms. The summed E-state index contributed by atoms with van der Waals surface area (Å²) >= 11 is 0. The summed E-state index contributed by atoms with van der Waals surface area (Å²) in [6.45, 7) is 1.14. The van der Waals surface area contributed by atoms with Gasteiger partial charge in [-0.2, -0.15) is 0 Å². The second-order valence-electron chi connectivity index (χ2n) is 4.52. The van der Waals surface area contributed by atoms with Crippen LogP contribution in [0.15, 0.2) is 18.2 Å². The predicted molar refractivity (Wildman–Crippen MR) is 69.9 cm³/mol. The quantitative estimate of drug-likeness (QED) is 0.807. The van der Waals surface area contributed by atoms with Crippen molar-refractivity contribution in [2.75, 3.05) is 24.1 Å². The summed E-state index contributed by atoms with van der Waals surface area (Å²) in [6, 6.07) is 4.02. The van der Waals surface area contributed by atoms with Crippen molar-refractivity contribution in [3.8, 4) is 0 Å². The lowest BCUT2D eigenvalue weighted by molar-refractivity contribution is -0.128. The zero-order chi connectivity index (χ0) is 13.8. The molecule has 0 aliphatic carbocycles. The molecule has 0 atom stereocenters. The number of carbonyl (C=O) groups is 2. The summed E-state index contributed by atoms with van der Waals surface area (Å²) in [5.74, 6) is -0.634. The maximum atomic E-state index is 12.9. The number of anilines is 2. The number of nitrogens with two attached hydrogens (primary N) is 1. The summed E-state index contributed by atoms with van der Waals surface area (Å²) in [6.07, 6.45) is 1.65. The zero-order valence-electron chi connectivity index (χ0n) is 10.5. The molecule has 6 heteroatoms. The van der Waals surface area contributed by atoms with Crippen molar-refractivity contribution in [3.05, 3.63) is 24.0 Å². The molecule has 1 aliphatic heterocycles. The van der Waals surface area contributed by atoms with Gasteiger partial charge in [0.25, 0.3) is 0 Å². The van der Waals surface area contributed by atoms with E-state index in [2.05, 4.69) is 5.32 Å². The molecule has 0 aromatic heterocycles. The smallest absolute Gasteiger partial charge is 0.226 e. The molecule has 2 amide bonds. The van der Waals surface area contributed by atoms with E-state index in [-0.39, 0.29) is 23.9 Å². The first kappa shape index (κ1) is 13.3. The molecule has 5 nitrogen and oxygen atoms in total. The Kier molecular flexibility index (Phi) is 3.99. The van der Waals surface area contributed by atoms with Gasteiger partial charge in [-0.3, -0.25) is 9.59 Å². The van der Waals surface area contributed by atoms with Gasteiger partial charge >= 0.3 is 0 Å². The average Bonchev–Trinajstić information content (AvgIpc) is 2.77. The van der Waals surface area contributed by atoms with Gasteiger partial charge in [0.1, 0.15) is 5.82 Å². The highest BCUT2D eigenvalue weighted by molar-refractivity contribution is 5.91. The van der Waals surface area contributed by atoms with E-state index in [4.69, 9.17) is 5.73 Å². The highest BCUT2D eigenvalue weighted by Gasteiger charge is 2.20. The predicted octanol–water partition coefficient (Wildman–Crippen LogP) is 1.36. The first-order valence-corrected chi connectivity index (χ1v) is 6.19. The molecule has 102 valence electrons. The van der Waals surface area contributed by atoms with Crippen LogP contribution in [0.1, 0.15) is 19.3 Å². The van der Waals surface area contributed by atoms with Gasteiger partial charge < -0.3 is 16.0 Å². The number of hydrogen-bond acceptors (Lipinski definition) is 3. The van der Waals surface area contributed by atoms with Crippen molar-refractivity contribution in [2.45, 2.75) is 19.3 Å². The molecule has 0 saturated carbocycles. The van der Waals surface area contributed by atoms with Crippen LogP contribution in [0.5, 0.6) is 0 Å². The largest absolute Gasteiger partial charge is 0.396 e. The Labute approximate surface area is 110 Å². The number of likely N-dealkylation sites (tertiary alicyclic amines) is 1. The molecule has 1 heterocycles. The van der Waals surface area contributed by atoms with Gasteiger partial charge in [-0.1, -0.05) is 0 Å². The van der Waals surface area contributed by atoms with Gasteiger partial charge in [-0.05, 0) is 24.6 Å². The number of nitrogens with one attached hydrogen (secondary N) is 1. The van der Waals surface area contributed by atoms with Gasteiger partial charge in [0.15, 0.2) is 0 Å². The van der Waals surface area contributed by atoms with Crippen molar-refractivity contribution in [1.82, 2.24) is 4.90 Å². The van der Waals surface area contributed by atoms with Crippen LogP contribution in [-0.2, 0) is 9.59 Å². The molecule has 1 saturated heterocycles. The lowest BCUT2D eigenvalue weighted by atomic mass is 10.2. The summed E-state index contributed by atoms with van der Waals surface area (Å²) in [4.78, 5) is 24.7. The summed E-state index contributed by atoms with van der Waals surface area (Å²) < 4.78 is 12.9. The number of rotatable bonds is 4. The van der Waals surface area contributed by atoms with Crippen LogP contribution < -0.4 is 11.1 Å². The van der Waals surface area contributed by atoms with Crippen molar-refractivity contribution in [3.63, 3.8) is 0 Å². The monoisotopic (exact) mass is 265 g/mol. The second-order valence-corrected chi connectivity index (χ2v) is 4.52. The number of carbonyl (C=O) groups excluding carboxylic acids is 2. The van der Waals surface area contributed by atoms with Crippen molar-refractivity contribution < 1.29 is 14.0 Å². The number of benzene rings is 1. The van der Waals surface area contributed by atoms with E-state index in [1.807, 2.05) is 0 Å². The minimum atomic E-state index is -0.513. The second kappa shape index (κ2) is 5.69. The Bertz CT molecular complexity index is 505. The van der Waals surface area contributed by atoms with Gasteiger partial charge in [0.05, 0.1) is 5.69 Å². The molecular formula is C13H16FN3O2. The fourth-order valence-corrected chi connectivity index (χ4v) is 2.02. The van der Waals surface area contributed by atoms with Crippen LogP contribution in [0.3, 0.4) is 0 Å². The van der Waals surface area contributed by atoms with Crippen LogP contribution in [0.2, 0.25) is 0 Å². The number of amides is 2. The van der Waals surface area contributed by atoms with E-state index < -0.39 is 5.82 Å². The number of hydrogen-bond donors (Lipinski definition) is 2. The van der Waals surface area contributed by atoms with Crippen LogP contribution in [-0.4, -0.2) is 29.8 Å². The van der Waals surface area contributed by atoms with E-state index in [9.17, 15) is 14.0 Å². The Morgan fingerprint density at radius 3 is 2.89 bits per heavy atom. The van der Waals surface area contributed by atoms with Crippen LogP contribution in [0.25, 0.3) is 0 Å². The Balaban J connectivity index is 1.83. The van der Waals surface area contributed by atoms with Crippen LogP contribution in [0.4, 0.5) is 15.8 Å². The van der Waals surface area contributed by atoms with Crippen molar-refractivity contribution in [1.29, 1.82) is 0 Å². The van der Waals surface area contributed by atoms with Gasteiger partial charge in [-0.15, -0.1) is 0 Å². The summed E-state index contributed by atoms with van der Waals surface area (Å²) in [7, 11) is 0. The maximum absolute atomic E-state index is 12.9. The molecule has 0 unspecified atom stereocenters. The topological polar surface area (TPSA) is 75.4 Å². The first-order valence-electron chi connectivity index (χ1n) is 6.19. The third-order valence-corrected chi connectivity index (χ3v) is 3.06. The van der Waals surface area contributed by atoms with E-state index in [1.165, 1.54) is 18.2 Å². The fraction of sp³-hybridized carbons (Fsp3) is 0.385. The molecule has 1 aliphatic rings.